The highest BCUT2D eigenvalue weighted by molar-refractivity contribution is 7.89. The number of rotatable bonds is 5. The molecule has 2 atom stereocenters. The molecule has 0 aliphatic heterocycles. The zero-order valence-electron chi connectivity index (χ0n) is 15.8. The minimum atomic E-state index is -4.06. The second-order valence-electron chi connectivity index (χ2n) is 7.85. The van der Waals surface area contributed by atoms with Crippen LogP contribution in [0.4, 0.5) is 4.39 Å². The van der Waals surface area contributed by atoms with E-state index in [1.807, 2.05) is 6.07 Å². The minimum absolute atomic E-state index is 0.00821. The monoisotopic (exact) mass is 423 g/mol. The van der Waals surface area contributed by atoms with E-state index in [4.69, 9.17) is 0 Å². The first-order chi connectivity index (χ1) is 14.3. The third kappa shape index (κ3) is 2.93. The number of carbonyl (C=O) groups is 1. The van der Waals surface area contributed by atoms with Gasteiger partial charge in [0.25, 0.3) is 0 Å². The van der Waals surface area contributed by atoms with Gasteiger partial charge in [-0.15, -0.1) is 0 Å². The quantitative estimate of drug-likeness (QED) is 0.513. The molecule has 7 heteroatoms. The van der Waals surface area contributed by atoms with Crippen LogP contribution in [0.25, 0.3) is 11.1 Å². The summed E-state index contributed by atoms with van der Waals surface area (Å²) >= 11 is 0. The summed E-state index contributed by atoms with van der Waals surface area (Å²) in [6, 6.07) is 18.3. The molecule has 0 saturated heterocycles. The molecule has 5 nitrogen and oxygen atoms in total. The predicted octanol–water partition coefficient (Wildman–Crippen LogP) is 3.69. The number of hydrogen-bond donors (Lipinski definition) is 2. The zero-order valence-corrected chi connectivity index (χ0v) is 16.6. The van der Waals surface area contributed by atoms with E-state index in [-0.39, 0.29) is 17.1 Å². The fraction of sp³-hybridized carbons (Fsp3) is 0.174. The smallest absolute Gasteiger partial charge is 0.325 e. The van der Waals surface area contributed by atoms with Gasteiger partial charge in [-0.2, -0.15) is 4.72 Å². The summed E-state index contributed by atoms with van der Waals surface area (Å²) in [7, 11) is -4.06. The van der Waals surface area contributed by atoms with Gasteiger partial charge in [0.2, 0.25) is 10.0 Å². The van der Waals surface area contributed by atoms with Crippen LogP contribution < -0.4 is 4.72 Å². The first-order valence-electron chi connectivity index (χ1n) is 9.54. The third-order valence-corrected chi connectivity index (χ3v) is 7.49. The Labute approximate surface area is 173 Å². The van der Waals surface area contributed by atoms with Gasteiger partial charge in [0.1, 0.15) is 11.4 Å². The minimum Gasteiger partial charge on any atom is -0.480 e. The van der Waals surface area contributed by atoms with Gasteiger partial charge in [-0.3, -0.25) is 4.79 Å². The van der Waals surface area contributed by atoms with Crippen molar-refractivity contribution in [3.05, 3.63) is 89.2 Å². The van der Waals surface area contributed by atoms with Crippen LogP contribution in [0.3, 0.4) is 0 Å². The molecule has 30 heavy (non-hydrogen) atoms. The lowest BCUT2D eigenvalue weighted by molar-refractivity contribution is -0.140. The van der Waals surface area contributed by atoms with Crippen molar-refractivity contribution in [1.29, 1.82) is 0 Å². The average Bonchev–Trinajstić information content (AvgIpc) is 3.33. The maximum atomic E-state index is 13.5. The molecule has 3 aromatic rings. The van der Waals surface area contributed by atoms with Crippen LogP contribution >= 0.6 is 0 Å². The number of hydrogen-bond acceptors (Lipinski definition) is 3. The predicted molar refractivity (Wildman–Crippen MR) is 109 cm³/mol. The Hall–Kier alpha value is -3.03. The van der Waals surface area contributed by atoms with Crippen LogP contribution in [0.15, 0.2) is 71.6 Å². The second kappa shape index (κ2) is 6.48. The molecule has 2 aliphatic carbocycles. The number of nitrogens with one attached hydrogen (secondary N) is 1. The Kier molecular flexibility index (Phi) is 4.10. The molecule has 1 fully saturated rings. The molecule has 2 N–H and O–H groups in total. The number of fused-ring (bicyclic) bond motifs is 3. The van der Waals surface area contributed by atoms with Crippen molar-refractivity contribution < 1.29 is 22.7 Å². The Bertz CT molecular complexity index is 1290. The van der Waals surface area contributed by atoms with Crippen LogP contribution in [-0.4, -0.2) is 25.0 Å². The van der Waals surface area contributed by atoms with Crippen molar-refractivity contribution in [1.82, 2.24) is 4.72 Å². The van der Waals surface area contributed by atoms with Gasteiger partial charge in [0, 0.05) is 5.92 Å². The highest BCUT2D eigenvalue weighted by Crippen LogP contribution is 2.52. The number of carboxylic acids is 1. The van der Waals surface area contributed by atoms with E-state index in [2.05, 4.69) is 4.72 Å². The lowest BCUT2D eigenvalue weighted by Gasteiger charge is -2.16. The van der Waals surface area contributed by atoms with Gasteiger partial charge in [-0.1, -0.05) is 42.5 Å². The topological polar surface area (TPSA) is 83.5 Å². The summed E-state index contributed by atoms with van der Waals surface area (Å²) in [6.45, 7) is 0. The van der Waals surface area contributed by atoms with Crippen molar-refractivity contribution in [3.63, 3.8) is 0 Å². The second-order valence-corrected chi connectivity index (χ2v) is 9.53. The van der Waals surface area contributed by atoms with E-state index < -0.39 is 27.4 Å². The van der Waals surface area contributed by atoms with Gasteiger partial charge in [-0.25, -0.2) is 12.8 Å². The molecule has 2 aliphatic rings. The maximum Gasteiger partial charge on any atom is 0.325 e. The summed E-state index contributed by atoms with van der Waals surface area (Å²) in [5.74, 6) is -1.95. The Balaban J connectivity index is 1.46. The van der Waals surface area contributed by atoms with Crippen LogP contribution in [0.1, 0.15) is 29.0 Å². The highest BCUT2D eigenvalue weighted by Gasteiger charge is 2.63. The van der Waals surface area contributed by atoms with Gasteiger partial charge >= 0.3 is 5.97 Å². The number of carboxylic acid groups (broad SMARTS) is 1. The number of benzene rings is 3. The first-order valence-corrected chi connectivity index (χ1v) is 11.0. The molecule has 3 aromatic carbocycles. The van der Waals surface area contributed by atoms with E-state index in [0.717, 1.165) is 27.8 Å². The molecule has 1 saturated carbocycles. The Morgan fingerprint density at radius 3 is 2.37 bits per heavy atom. The van der Waals surface area contributed by atoms with Gasteiger partial charge < -0.3 is 5.11 Å². The first kappa shape index (κ1) is 19.0. The molecule has 0 aromatic heterocycles. The van der Waals surface area contributed by atoms with E-state index in [1.54, 1.807) is 42.5 Å². The fourth-order valence-electron chi connectivity index (χ4n) is 4.37. The Morgan fingerprint density at radius 2 is 1.67 bits per heavy atom. The third-order valence-electron chi connectivity index (χ3n) is 5.99. The molecule has 0 bridgehead atoms. The summed E-state index contributed by atoms with van der Waals surface area (Å²) in [5.41, 5.74) is 2.57. The Morgan fingerprint density at radius 1 is 1.00 bits per heavy atom. The number of sulfonamides is 1. The lowest BCUT2D eigenvalue weighted by atomic mass is 10.1. The number of halogens is 1. The van der Waals surface area contributed by atoms with Crippen molar-refractivity contribution >= 4 is 16.0 Å². The summed E-state index contributed by atoms with van der Waals surface area (Å²) in [6.07, 6.45) is 0.629. The van der Waals surface area contributed by atoms with Crippen molar-refractivity contribution in [3.8, 4) is 11.1 Å². The maximum absolute atomic E-state index is 13.5. The van der Waals surface area contributed by atoms with Crippen molar-refractivity contribution in [2.24, 2.45) is 0 Å². The normalized spacial score (nSPS) is 21.7. The van der Waals surface area contributed by atoms with E-state index in [0.29, 0.717) is 6.42 Å². The van der Waals surface area contributed by atoms with Crippen LogP contribution in [0.2, 0.25) is 0 Å². The van der Waals surface area contributed by atoms with E-state index in [1.165, 1.54) is 18.2 Å². The fourth-order valence-corrected chi connectivity index (χ4v) is 5.82. The molecule has 0 spiro atoms. The van der Waals surface area contributed by atoms with E-state index >= 15 is 0 Å². The van der Waals surface area contributed by atoms with Crippen molar-refractivity contribution in [2.45, 2.75) is 29.2 Å². The van der Waals surface area contributed by atoms with Gasteiger partial charge in [0.05, 0.1) is 4.90 Å². The molecular weight excluding hydrogens is 405 g/mol. The molecule has 0 amide bonds. The standard InChI is InChI=1S/C23H18FNO4S/c24-17-6-8-19-15(11-17)10-16-12-18(7-9-20(16)19)30(28,29)25-23(22(26)27)13-21(23)14-4-2-1-3-5-14/h1-9,11-12,21,25H,10,13H2,(H,26,27)/t21-,23+/m1/s1. The van der Waals surface area contributed by atoms with Crippen LogP contribution in [0, 0.1) is 5.82 Å². The highest BCUT2D eigenvalue weighted by atomic mass is 32.2. The SMILES string of the molecule is O=C(O)[C@]1(NS(=O)(=O)c2ccc3c(c2)Cc2cc(F)ccc2-3)C[C@@H]1c1ccccc1. The van der Waals surface area contributed by atoms with Crippen LogP contribution in [0.5, 0.6) is 0 Å². The molecule has 0 radical (unpaired) electrons. The average molecular weight is 423 g/mol. The summed E-state index contributed by atoms with van der Waals surface area (Å²) in [5, 5.41) is 9.78. The zero-order chi connectivity index (χ0) is 21.1. The molecule has 0 heterocycles. The molecule has 152 valence electrons. The molecule has 5 rings (SSSR count). The molecule has 0 unspecified atom stereocenters. The summed E-state index contributed by atoms with van der Waals surface area (Å²) in [4.78, 5) is 12.0. The molecular formula is C23H18FNO4S. The lowest BCUT2D eigenvalue weighted by Crippen LogP contribution is -2.44. The van der Waals surface area contributed by atoms with Crippen LogP contribution in [-0.2, 0) is 21.2 Å². The van der Waals surface area contributed by atoms with Gasteiger partial charge in [-0.05, 0) is 64.9 Å². The largest absolute Gasteiger partial charge is 0.480 e. The van der Waals surface area contributed by atoms with E-state index in [9.17, 15) is 22.7 Å². The van der Waals surface area contributed by atoms with Gasteiger partial charge in [0.15, 0.2) is 0 Å². The number of aliphatic carboxylic acids is 1. The van der Waals surface area contributed by atoms with Crippen molar-refractivity contribution in [2.75, 3.05) is 0 Å². The summed E-state index contributed by atoms with van der Waals surface area (Å²) < 4.78 is 42.1.